The molecule has 0 radical (unpaired) electrons. The highest BCUT2D eigenvalue weighted by atomic mass is 32.2. The first-order valence-electron chi connectivity index (χ1n) is 10.7. The van der Waals surface area contributed by atoms with E-state index < -0.39 is 15.6 Å². The third kappa shape index (κ3) is 6.06. The molecule has 0 aliphatic carbocycles. The Morgan fingerprint density at radius 2 is 1.43 bits per heavy atom. The van der Waals surface area contributed by atoms with Crippen molar-refractivity contribution in [3.05, 3.63) is 35.4 Å². The van der Waals surface area contributed by atoms with Crippen molar-refractivity contribution in [2.45, 2.75) is 105 Å². The molecule has 0 aliphatic heterocycles. The third-order valence-electron chi connectivity index (χ3n) is 6.39. The minimum atomic E-state index is -3.29. The van der Waals surface area contributed by atoms with Crippen LogP contribution in [0.1, 0.15) is 105 Å². The zero-order valence-corrected chi connectivity index (χ0v) is 20.7. The first-order chi connectivity index (χ1) is 12.7. The van der Waals surface area contributed by atoms with E-state index in [1.54, 1.807) is 4.31 Å². The van der Waals surface area contributed by atoms with Crippen molar-refractivity contribution < 1.29 is 8.42 Å². The Kier molecular flexibility index (Phi) is 8.36. The second-order valence-corrected chi connectivity index (χ2v) is 12.0. The Labute approximate surface area is 175 Å². The van der Waals surface area contributed by atoms with Crippen molar-refractivity contribution >= 4 is 10.0 Å². The van der Waals surface area contributed by atoms with E-state index in [9.17, 15) is 8.42 Å². The molecule has 3 atom stereocenters. The fraction of sp³-hybridized carbons (Fsp3) is 0.750. The molecular formula is C24H43NO2S. The Morgan fingerprint density at radius 3 is 1.82 bits per heavy atom. The van der Waals surface area contributed by atoms with Gasteiger partial charge in [-0.05, 0) is 68.4 Å². The maximum absolute atomic E-state index is 12.6. The van der Waals surface area contributed by atoms with Gasteiger partial charge in [0.15, 0.2) is 0 Å². The molecule has 3 unspecified atom stereocenters. The van der Waals surface area contributed by atoms with Gasteiger partial charge >= 0.3 is 0 Å². The van der Waals surface area contributed by atoms with Crippen molar-refractivity contribution in [2.75, 3.05) is 6.26 Å². The molecule has 0 saturated carbocycles. The quantitative estimate of drug-likeness (QED) is 0.463. The van der Waals surface area contributed by atoms with E-state index in [1.807, 2.05) is 6.92 Å². The van der Waals surface area contributed by atoms with Crippen molar-refractivity contribution in [3.63, 3.8) is 0 Å². The number of sulfonamides is 1. The summed E-state index contributed by atoms with van der Waals surface area (Å²) in [7, 11) is -3.29. The molecule has 4 heteroatoms. The first-order valence-corrected chi connectivity index (χ1v) is 12.6. The molecule has 1 aromatic rings. The van der Waals surface area contributed by atoms with E-state index in [0.29, 0.717) is 11.8 Å². The van der Waals surface area contributed by atoms with Gasteiger partial charge in [-0.25, -0.2) is 8.42 Å². The van der Waals surface area contributed by atoms with Crippen LogP contribution in [0, 0.1) is 5.41 Å². The number of rotatable bonds is 9. The van der Waals surface area contributed by atoms with Gasteiger partial charge in [0, 0.05) is 11.6 Å². The Bertz CT molecular complexity index is 731. The average molecular weight is 410 g/mol. The fourth-order valence-corrected chi connectivity index (χ4v) is 6.22. The van der Waals surface area contributed by atoms with Gasteiger partial charge in [-0.1, -0.05) is 65.8 Å². The van der Waals surface area contributed by atoms with Crippen LogP contribution in [-0.4, -0.2) is 30.6 Å². The minimum absolute atomic E-state index is 0.00810. The lowest BCUT2D eigenvalue weighted by Gasteiger charge is -2.43. The maximum atomic E-state index is 12.6. The van der Waals surface area contributed by atoms with Gasteiger partial charge in [-0.3, -0.25) is 0 Å². The van der Waals surface area contributed by atoms with Gasteiger partial charge in [0.05, 0.1) is 6.26 Å². The second kappa shape index (κ2) is 9.30. The summed E-state index contributed by atoms with van der Waals surface area (Å²) in [6.07, 6.45) is 3.96. The molecule has 1 aromatic carbocycles. The Hall–Kier alpha value is -0.870. The van der Waals surface area contributed by atoms with Crippen LogP contribution < -0.4 is 0 Å². The molecule has 0 aromatic heterocycles. The van der Waals surface area contributed by atoms with E-state index in [-0.39, 0.29) is 11.5 Å². The predicted molar refractivity (Wildman–Crippen MR) is 122 cm³/mol. The van der Waals surface area contributed by atoms with Gasteiger partial charge in [-0.15, -0.1) is 0 Å². The SMILES string of the molecule is CCC(CC(C)(C)N(C(C)CC)S(C)(=O)=O)c1ccccc1C(C)C(C)(C)C. The van der Waals surface area contributed by atoms with Crippen molar-refractivity contribution in [2.24, 2.45) is 5.41 Å². The highest BCUT2D eigenvalue weighted by molar-refractivity contribution is 7.88. The zero-order valence-electron chi connectivity index (χ0n) is 19.8. The van der Waals surface area contributed by atoms with E-state index in [2.05, 4.69) is 79.7 Å². The summed E-state index contributed by atoms with van der Waals surface area (Å²) in [5, 5.41) is 0. The Morgan fingerprint density at radius 1 is 0.929 bits per heavy atom. The Balaban J connectivity index is 3.36. The average Bonchev–Trinajstić information content (AvgIpc) is 2.56. The van der Waals surface area contributed by atoms with Gasteiger partial charge in [0.2, 0.25) is 10.0 Å². The van der Waals surface area contributed by atoms with Crippen molar-refractivity contribution in [3.8, 4) is 0 Å². The topological polar surface area (TPSA) is 37.4 Å². The summed E-state index contributed by atoms with van der Waals surface area (Å²) in [4.78, 5) is 0. The normalized spacial score (nSPS) is 16.8. The number of hydrogen-bond donors (Lipinski definition) is 0. The van der Waals surface area contributed by atoms with E-state index in [4.69, 9.17) is 0 Å². The number of nitrogens with zero attached hydrogens (tertiary/aromatic N) is 1. The highest BCUT2D eigenvalue weighted by Gasteiger charge is 2.39. The smallest absolute Gasteiger partial charge is 0.211 e. The molecule has 0 heterocycles. The highest BCUT2D eigenvalue weighted by Crippen LogP contribution is 2.42. The molecule has 0 aliphatic rings. The van der Waals surface area contributed by atoms with Gasteiger partial charge in [-0.2, -0.15) is 4.31 Å². The largest absolute Gasteiger partial charge is 0.212 e. The van der Waals surface area contributed by atoms with E-state index in [1.165, 1.54) is 17.4 Å². The van der Waals surface area contributed by atoms with Crippen LogP contribution in [0.25, 0.3) is 0 Å². The molecule has 0 bridgehead atoms. The third-order valence-corrected chi connectivity index (χ3v) is 7.95. The van der Waals surface area contributed by atoms with E-state index in [0.717, 1.165) is 19.3 Å². The van der Waals surface area contributed by atoms with Crippen LogP contribution in [0.3, 0.4) is 0 Å². The maximum Gasteiger partial charge on any atom is 0.211 e. The molecule has 162 valence electrons. The lowest BCUT2D eigenvalue weighted by Crippen LogP contribution is -2.52. The molecule has 0 N–H and O–H groups in total. The zero-order chi connectivity index (χ0) is 21.9. The monoisotopic (exact) mass is 409 g/mol. The molecule has 1 rings (SSSR count). The van der Waals surface area contributed by atoms with Crippen LogP contribution >= 0.6 is 0 Å². The first kappa shape index (κ1) is 25.2. The summed E-state index contributed by atoms with van der Waals surface area (Å²) in [6, 6.07) is 8.74. The van der Waals surface area contributed by atoms with E-state index >= 15 is 0 Å². The molecule has 28 heavy (non-hydrogen) atoms. The van der Waals surface area contributed by atoms with Crippen LogP contribution in [-0.2, 0) is 10.0 Å². The summed E-state index contributed by atoms with van der Waals surface area (Å²) in [6.45, 7) is 19.6. The molecule has 0 saturated heterocycles. The van der Waals surface area contributed by atoms with Crippen molar-refractivity contribution in [1.82, 2.24) is 4.31 Å². The van der Waals surface area contributed by atoms with Crippen LogP contribution in [0.5, 0.6) is 0 Å². The second-order valence-electron chi connectivity index (χ2n) is 10.2. The lowest BCUT2D eigenvalue weighted by molar-refractivity contribution is 0.157. The fourth-order valence-electron chi connectivity index (χ4n) is 4.45. The lowest BCUT2D eigenvalue weighted by atomic mass is 9.73. The van der Waals surface area contributed by atoms with Gasteiger partial charge < -0.3 is 0 Å². The van der Waals surface area contributed by atoms with Gasteiger partial charge in [0.25, 0.3) is 0 Å². The molecular weight excluding hydrogens is 366 g/mol. The number of hydrogen-bond acceptors (Lipinski definition) is 2. The summed E-state index contributed by atoms with van der Waals surface area (Å²) >= 11 is 0. The van der Waals surface area contributed by atoms with Gasteiger partial charge in [0.1, 0.15) is 0 Å². The predicted octanol–water partition coefficient (Wildman–Crippen LogP) is 6.56. The summed E-state index contributed by atoms with van der Waals surface area (Å²) < 4.78 is 27.0. The van der Waals surface area contributed by atoms with Crippen LogP contribution in [0.15, 0.2) is 24.3 Å². The standard InChI is InChI=1S/C24H43NO2S/c1-11-18(3)25(28(10,26)27)24(8,9)17-20(12-2)22-16-14-13-15-21(22)19(4)23(5,6)7/h13-16,18-20H,11-12,17H2,1-10H3. The molecule has 3 nitrogen and oxygen atoms in total. The van der Waals surface area contributed by atoms with Crippen molar-refractivity contribution in [1.29, 1.82) is 0 Å². The molecule has 0 spiro atoms. The molecule has 0 fully saturated rings. The minimum Gasteiger partial charge on any atom is -0.212 e. The summed E-state index contributed by atoms with van der Waals surface area (Å²) in [5.41, 5.74) is 2.51. The summed E-state index contributed by atoms with van der Waals surface area (Å²) in [5.74, 6) is 0.755. The van der Waals surface area contributed by atoms with Crippen LogP contribution in [0.4, 0.5) is 0 Å². The van der Waals surface area contributed by atoms with Crippen LogP contribution in [0.2, 0.25) is 0 Å². The number of benzene rings is 1. The molecule has 0 amide bonds.